The Morgan fingerprint density at radius 1 is 1.35 bits per heavy atom. The van der Waals surface area contributed by atoms with Gasteiger partial charge in [0.25, 0.3) is 0 Å². The Labute approximate surface area is 125 Å². The summed E-state index contributed by atoms with van der Waals surface area (Å²) in [7, 11) is 0. The molecule has 1 atom stereocenters. The Balaban J connectivity index is 2.77. The van der Waals surface area contributed by atoms with Crippen molar-refractivity contribution in [3.63, 3.8) is 0 Å². The van der Waals surface area contributed by atoms with E-state index in [1.165, 1.54) is 4.90 Å². The van der Waals surface area contributed by atoms with Gasteiger partial charge in [-0.3, -0.25) is 0 Å². The first kappa shape index (κ1) is 16.8. The van der Waals surface area contributed by atoms with Gasteiger partial charge in [0, 0.05) is 6.54 Å². The van der Waals surface area contributed by atoms with Crippen LogP contribution in [0.15, 0.2) is 30.3 Å². The van der Waals surface area contributed by atoms with Crippen LogP contribution in [0.5, 0.6) is 0 Å². The van der Waals surface area contributed by atoms with Crippen molar-refractivity contribution in [1.29, 1.82) is 0 Å². The maximum Gasteiger partial charge on any atom is 0.410 e. The molecule has 1 aromatic rings. The third kappa shape index (κ3) is 6.26. The lowest BCUT2D eigenvalue weighted by Crippen LogP contribution is -2.41. The number of rotatable bonds is 5. The summed E-state index contributed by atoms with van der Waals surface area (Å²) < 4.78 is 5.35. The summed E-state index contributed by atoms with van der Waals surface area (Å²) in [6, 6.07) is 9.56. The molecule has 1 amide bonds. The maximum atomic E-state index is 12.2. The monoisotopic (exact) mass is 299 g/mol. The topological polar surface area (TPSA) is 49.8 Å². The lowest BCUT2D eigenvalue weighted by molar-refractivity contribution is 0.0145. The second-order valence-corrected chi connectivity index (χ2v) is 5.96. The molecule has 0 radical (unpaired) electrons. The van der Waals surface area contributed by atoms with Crippen molar-refractivity contribution < 1.29 is 14.6 Å². The molecule has 0 spiro atoms. The molecule has 0 aromatic heterocycles. The highest BCUT2D eigenvalue weighted by Gasteiger charge is 2.24. The molecule has 0 aliphatic rings. The van der Waals surface area contributed by atoms with Crippen molar-refractivity contribution in [3.05, 3.63) is 35.9 Å². The number of amides is 1. The molecule has 0 unspecified atom stereocenters. The van der Waals surface area contributed by atoms with Gasteiger partial charge in [-0.2, -0.15) is 0 Å². The van der Waals surface area contributed by atoms with Crippen LogP contribution in [0.2, 0.25) is 0 Å². The number of carbonyl (C=O) groups excluding carboxylic acids is 1. The van der Waals surface area contributed by atoms with Gasteiger partial charge < -0.3 is 14.7 Å². The number of hydrogen-bond donors (Lipinski definition) is 1. The van der Waals surface area contributed by atoms with Crippen molar-refractivity contribution in [1.82, 2.24) is 4.90 Å². The number of benzene rings is 1. The van der Waals surface area contributed by atoms with Crippen LogP contribution in [0.25, 0.3) is 0 Å². The molecule has 0 fully saturated rings. The molecule has 112 valence electrons. The smallest absolute Gasteiger partial charge is 0.410 e. The van der Waals surface area contributed by atoms with E-state index < -0.39 is 17.8 Å². The minimum absolute atomic E-state index is 0.0775. The van der Waals surface area contributed by atoms with Crippen LogP contribution in [-0.4, -0.2) is 40.2 Å². The van der Waals surface area contributed by atoms with Crippen LogP contribution >= 0.6 is 11.6 Å². The predicted octanol–water partition coefficient (Wildman–Crippen LogP) is 3.02. The van der Waals surface area contributed by atoms with Gasteiger partial charge in [-0.05, 0) is 26.3 Å². The van der Waals surface area contributed by atoms with E-state index in [1.807, 2.05) is 51.1 Å². The molecule has 0 aliphatic carbocycles. The zero-order valence-electron chi connectivity index (χ0n) is 12.2. The summed E-state index contributed by atoms with van der Waals surface area (Å²) in [6.45, 7) is 5.95. The van der Waals surface area contributed by atoms with Gasteiger partial charge in [-0.1, -0.05) is 30.3 Å². The standard InChI is InChI=1S/C15H22ClNO3/c1-15(2,3)20-14(19)17(11-13(18)9-16)10-12-7-5-4-6-8-12/h4-8,13,18H,9-11H2,1-3H3/t13-/m1/s1. The maximum absolute atomic E-state index is 12.2. The second-order valence-electron chi connectivity index (χ2n) is 5.65. The Kier molecular flexibility index (Phi) is 6.30. The van der Waals surface area contributed by atoms with E-state index in [2.05, 4.69) is 0 Å². The van der Waals surface area contributed by atoms with Crippen LogP contribution in [0.4, 0.5) is 4.79 Å². The Hall–Kier alpha value is -1.26. The average Bonchev–Trinajstić information content (AvgIpc) is 2.37. The van der Waals surface area contributed by atoms with Crippen LogP contribution in [0.3, 0.4) is 0 Å². The first-order valence-corrected chi connectivity index (χ1v) is 7.11. The van der Waals surface area contributed by atoms with Crippen molar-refractivity contribution >= 4 is 17.7 Å². The molecule has 0 saturated carbocycles. The van der Waals surface area contributed by atoms with Gasteiger partial charge in [0.1, 0.15) is 5.60 Å². The number of carbonyl (C=O) groups is 1. The molecule has 5 heteroatoms. The minimum Gasteiger partial charge on any atom is -0.444 e. The summed E-state index contributed by atoms with van der Waals surface area (Å²) in [6.07, 6.45) is -1.22. The fraction of sp³-hybridized carbons (Fsp3) is 0.533. The molecule has 0 heterocycles. The number of alkyl halides is 1. The fourth-order valence-corrected chi connectivity index (χ4v) is 1.73. The van der Waals surface area contributed by atoms with Gasteiger partial charge >= 0.3 is 6.09 Å². The average molecular weight is 300 g/mol. The van der Waals surface area contributed by atoms with Gasteiger partial charge in [-0.25, -0.2) is 4.79 Å². The van der Waals surface area contributed by atoms with E-state index in [-0.39, 0.29) is 12.4 Å². The van der Waals surface area contributed by atoms with Gasteiger partial charge in [0.15, 0.2) is 0 Å². The lowest BCUT2D eigenvalue weighted by Gasteiger charge is -2.28. The summed E-state index contributed by atoms with van der Waals surface area (Å²) >= 11 is 5.61. The Bertz CT molecular complexity index is 417. The Morgan fingerprint density at radius 2 is 1.95 bits per heavy atom. The van der Waals surface area contributed by atoms with Crippen LogP contribution in [-0.2, 0) is 11.3 Å². The highest BCUT2D eigenvalue weighted by molar-refractivity contribution is 6.18. The van der Waals surface area contributed by atoms with Crippen molar-refractivity contribution in [3.8, 4) is 0 Å². The van der Waals surface area contributed by atoms with Crippen LogP contribution < -0.4 is 0 Å². The van der Waals surface area contributed by atoms with Gasteiger partial charge in [0.05, 0.1) is 18.5 Å². The third-order valence-corrected chi connectivity index (χ3v) is 2.83. The van der Waals surface area contributed by atoms with Crippen LogP contribution in [0, 0.1) is 0 Å². The molecular formula is C15H22ClNO3. The number of halogens is 1. The van der Waals surface area contributed by atoms with Crippen molar-refractivity contribution in [2.24, 2.45) is 0 Å². The van der Waals surface area contributed by atoms with Crippen molar-refractivity contribution in [2.75, 3.05) is 12.4 Å². The van der Waals surface area contributed by atoms with E-state index in [1.54, 1.807) is 0 Å². The molecule has 0 saturated heterocycles. The lowest BCUT2D eigenvalue weighted by atomic mass is 10.2. The second kappa shape index (κ2) is 7.50. The van der Waals surface area contributed by atoms with E-state index >= 15 is 0 Å². The van der Waals surface area contributed by atoms with Gasteiger partial charge in [-0.15, -0.1) is 11.6 Å². The minimum atomic E-state index is -0.770. The number of aliphatic hydroxyl groups excluding tert-OH is 1. The molecule has 1 rings (SSSR count). The summed E-state index contributed by atoms with van der Waals surface area (Å²) in [5, 5.41) is 9.67. The fourth-order valence-electron chi connectivity index (χ4n) is 1.64. The zero-order valence-corrected chi connectivity index (χ0v) is 12.9. The van der Waals surface area contributed by atoms with E-state index in [4.69, 9.17) is 16.3 Å². The highest BCUT2D eigenvalue weighted by Crippen LogP contribution is 2.13. The van der Waals surface area contributed by atoms with Crippen molar-refractivity contribution in [2.45, 2.75) is 39.0 Å². The van der Waals surface area contributed by atoms with E-state index in [0.717, 1.165) is 5.56 Å². The van der Waals surface area contributed by atoms with Crippen LogP contribution in [0.1, 0.15) is 26.3 Å². The van der Waals surface area contributed by atoms with Gasteiger partial charge in [0.2, 0.25) is 0 Å². The molecule has 1 aromatic carbocycles. The largest absolute Gasteiger partial charge is 0.444 e. The summed E-state index contributed by atoms with van der Waals surface area (Å²) in [4.78, 5) is 13.6. The number of nitrogens with zero attached hydrogens (tertiary/aromatic N) is 1. The first-order chi connectivity index (χ1) is 9.31. The summed E-state index contributed by atoms with van der Waals surface area (Å²) in [5.74, 6) is 0.0775. The van der Waals surface area contributed by atoms with E-state index in [9.17, 15) is 9.90 Å². The molecule has 4 nitrogen and oxygen atoms in total. The molecule has 0 bridgehead atoms. The third-order valence-electron chi connectivity index (χ3n) is 2.48. The quantitative estimate of drug-likeness (QED) is 0.850. The molecule has 20 heavy (non-hydrogen) atoms. The molecular weight excluding hydrogens is 278 g/mol. The molecule has 1 N–H and O–H groups in total. The summed E-state index contributed by atoms with van der Waals surface area (Å²) in [5.41, 5.74) is 0.401. The number of hydrogen-bond acceptors (Lipinski definition) is 3. The number of aliphatic hydroxyl groups is 1. The highest BCUT2D eigenvalue weighted by atomic mass is 35.5. The predicted molar refractivity (Wildman–Crippen MR) is 79.8 cm³/mol. The normalized spacial score (nSPS) is 12.8. The SMILES string of the molecule is CC(C)(C)OC(=O)N(Cc1ccccc1)C[C@H](O)CCl. The first-order valence-electron chi connectivity index (χ1n) is 6.57. The number of ether oxygens (including phenoxy) is 1. The van der Waals surface area contributed by atoms with E-state index in [0.29, 0.717) is 6.54 Å². The zero-order chi connectivity index (χ0) is 15.2. The Morgan fingerprint density at radius 3 is 2.45 bits per heavy atom. The molecule has 0 aliphatic heterocycles.